The van der Waals surface area contributed by atoms with Crippen LogP contribution in [0.4, 0.5) is 0 Å². The summed E-state index contributed by atoms with van der Waals surface area (Å²) < 4.78 is 0. The maximum Gasteiger partial charge on any atom is 0.309 e. The van der Waals surface area contributed by atoms with Gasteiger partial charge in [-0.05, 0) is 26.2 Å². The zero-order chi connectivity index (χ0) is 13.1. The van der Waals surface area contributed by atoms with E-state index in [-0.39, 0.29) is 12.3 Å². The van der Waals surface area contributed by atoms with Crippen molar-refractivity contribution in [2.24, 2.45) is 11.3 Å². The summed E-state index contributed by atoms with van der Waals surface area (Å²) >= 11 is 0. The number of carbonyl (C=O) groups excluding carboxylic acids is 1. The van der Waals surface area contributed by atoms with Crippen molar-refractivity contribution in [3.8, 4) is 0 Å². The molecule has 0 spiro atoms. The molecule has 0 unspecified atom stereocenters. The molecule has 1 aliphatic carbocycles. The smallest absolute Gasteiger partial charge is 0.309 e. The van der Waals surface area contributed by atoms with Crippen molar-refractivity contribution in [3.05, 3.63) is 0 Å². The van der Waals surface area contributed by atoms with Crippen LogP contribution in [-0.4, -0.2) is 35.5 Å². The maximum absolute atomic E-state index is 11.8. The Labute approximate surface area is 103 Å². The standard InChI is InChI=1S/C13H23NO3/c1-13(2,12(16)17)9-11(15)14(3)8-7-10-5-4-6-10/h10H,4-9H2,1-3H3,(H,16,17). The quantitative estimate of drug-likeness (QED) is 0.775. The highest BCUT2D eigenvalue weighted by Crippen LogP contribution is 2.29. The van der Waals surface area contributed by atoms with Gasteiger partial charge in [-0.25, -0.2) is 0 Å². The van der Waals surface area contributed by atoms with Gasteiger partial charge in [0.2, 0.25) is 5.91 Å². The van der Waals surface area contributed by atoms with E-state index in [1.54, 1.807) is 25.8 Å². The lowest BCUT2D eigenvalue weighted by atomic mass is 9.83. The maximum atomic E-state index is 11.8. The van der Waals surface area contributed by atoms with Crippen LogP contribution in [0.15, 0.2) is 0 Å². The van der Waals surface area contributed by atoms with Gasteiger partial charge in [0, 0.05) is 20.0 Å². The van der Waals surface area contributed by atoms with Crippen LogP contribution in [0, 0.1) is 11.3 Å². The fourth-order valence-corrected chi connectivity index (χ4v) is 1.87. The minimum Gasteiger partial charge on any atom is -0.481 e. The molecule has 1 saturated carbocycles. The van der Waals surface area contributed by atoms with Crippen LogP contribution in [0.1, 0.15) is 46.0 Å². The number of amides is 1. The van der Waals surface area contributed by atoms with E-state index in [1.165, 1.54) is 19.3 Å². The van der Waals surface area contributed by atoms with E-state index in [0.29, 0.717) is 0 Å². The number of aliphatic carboxylic acids is 1. The highest BCUT2D eigenvalue weighted by atomic mass is 16.4. The predicted octanol–water partition coefficient (Wildman–Crippen LogP) is 2.14. The van der Waals surface area contributed by atoms with Crippen molar-refractivity contribution in [2.45, 2.75) is 46.0 Å². The molecule has 0 aromatic heterocycles. The zero-order valence-corrected chi connectivity index (χ0v) is 11.0. The van der Waals surface area contributed by atoms with Crippen LogP contribution < -0.4 is 0 Å². The molecule has 0 atom stereocenters. The number of hydrogen-bond acceptors (Lipinski definition) is 2. The van der Waals surface area contributed by atoms with E-state index >= 15 is 0 Å². The Morgan fingerprint density at radius 2 is 1.94 bits per heavy atom. The van der Waals surface area contributed by atoms with Crippen LogP contribution in [0.3, 0.4) is 0 Å². The second-order valence-electron chi connectivity index (χ2n) is 5.77. The monoisotopic (exact) mass is 241 g/mol. The summed E-state index contributed by atoms with van der Waals surface area (Å²) in [5.74, 6) is -0.215. The lowest BCUT2D eigenvalue weighted by Crippen LogP contribution is -2.36. The van der Waals surface area contributed by atoms with Gasteiger partial charge in [-0.1, -0.05) is 19.3 Å². The molecule has 1 rings (SSSR count). The van der Waals surface area contributed by atoms with E-state index in [9.17, 15) is 9.59 Å². The van der Waals surface area contributed by atoms with Gasteiger partial charge >= 0.3 is 5.97 Å². The first-order chi connectivity index (χ1) is 7.83. The average Bonchev–Trinajstić information content (AvgIpc) is 2.13. The first-order valence-electron chi connectivity index (χ1n) is 6.30. The number of hydrogen-bond donors (Lipinski definition) is 1. The van der Waals surface area contributed by atoms with Crippen LogP contribution in [0.25, 0.3) is 0 Å². The van der Waals surface area contributed by atoms with Gasteiger partial charge in [0.15, 0.2) is 0 Å². The number of nitrogens with zero attached hydrogens (tertiary/aromatic N) is 1. The fraction of sp³-hybridized carbons (Fsp3) is 0.846. The largest absolute Gasteiger partial charge is 0.481 e. The third-order valence-corrected chi connectivity index (χ3v) is 3.70. The number of carbonyl (C=O) groups is 2. The molecule has 98 valence electrons. The number of rotatable bonds is 6. The van der Waals surface area contributed by atoms with Gasteiger partial charge in [0.05, 0.1) is 5.41 Å². The molecule has 0 bridgehead atoms. The van der Waals surface area contributed by atoms with Crippen molar-refractivity contribution in [1.29, 1.82) is 0 Å². The third kappa shape index (κ3) is 4.02. The Morgan fingerprint density at radius 3 is 2.35 bits per heavy atom. The van der Waals surface area contributed by atoms with Crippen LogP contribution in [0.2, 0.25) is 0 Å². The highest BCUT2D eigenvalue weighted by molar-refractivity contribution is 5.84. The molecular weight excluding hydrogens is 218 g/mol. The Balaban J connectivity index is 2.32. The molecule has 4 nitrogen and oxygen atoms in total. The van der Waals surface area contributed by atoms with Gasteiger partial charge < -0.3 is 10.0 Å². The fourth-order valence-electron chi connectivity index (χ4n) is 1.87. The molecule has 0 radical (unpaired) electrons. The van der Waals surface area contributed by atoms with Crippen molar-refractivity contribution in [2.75, 3.05) is 13.6 Å². The minimum absolute atomic E-state index is 0.0725. The Morgan fingerprint density at radius 1 is 1.35 bits per heavy atom. The molecule has 17 heavy (non-hydrogen) atoms. The highest BCUT2D eigenvalue weighted by Gasteiger charge is 2.31. The van der Waals surface area contributed by atoms with Gasteiger partial charge in [-0.15, -0.1) is 0 Å². The molecule has 0 saturated heterocycles. The van der Waals surface area contributed by atoms with E-state index in [1.807, 2.05) is 0 Å². The van der Waals surface area contributed by atoms with E-state index in [0.717, 1.165) is 18.9 Å². The Kier molecular flexibility index (Phi) is 4.54. The molecule has 0 aromatic carbocycles. The summed E-state index contributed by atoms with van der Waals surface area (Å²) in [5, 5.41) is 8.97. The lowest BCUT2D eigenvalue weighted by Gasteiger charge is -2.29. The van der Waals surface area contributed by atoms with Crippen LogP contribution in [0.5, 0.6) is 0 Å². The minimum atomic E-state index is -0.970. The molecule has 4 heteroatoms. The zero-order valence-electron chi connectivity index (χ0n) is 11.0. The molecular formula is C13H23NO3. The Hall–Kier alpha value is -1.06. The lowest BCUT2D eigenvalue weighted by molar-refractivity contribution is -0.151. The predicted molar refractivity (Wildman–Crippen MR) is 65.6 cm³/mol. The van der Waals surface area contributed by atoms with Gasteiger partial charge in [0.1, 0.15) is 0 Å². The summed E-state index contributed by atoms with van der Waals surface area (Å²) in [6.07, 6.45) is 5.00. The molecule has 1 amide bonds. The second-order valence-corrected chi connectivity index (χ2v) is 5.77. The average molecular weight is 241 g/mol. The number of carboxylic acid groups (broad SMARTS) is 1. The molecule has 0 heterocycles. The first-order valence-corrected chi connectivity index (χ1v) is 6.30. The van der Waals surface area contributed by atoms with E-state index in [4.69, 9.17) is 5.11 Å². The summed E-state index contributed by atoms with van der Waals surface area (Å²) in [7, 11) is 1.76. The second kappa shape index (κ2) is 5.52. The SMILES string of the molecule is CN(CCC1CCC1)C(=O)CC(C)(C)C(=O)O. The Bertz CT molecular complexity index is 295. The molecule has 1 N–H and O–H groups in total. The molecule has 1 aliphatic rings. The normalized spacial score (nSPS) is 16.4. The van der Waals surface area contributed by atoms with Gasteiger partial charge in [-0.3, -0.25) is 9.59 Å². The molecule has 1 fully saturated rings. The number of carboxylic acids is 1. The van der Waals surface area contributed by atoms with Crippen molar-refractivity contribution >= 4 is 11.9 Å². The third-order valence-electron chi connectivity index (χ3n) is 3.70. The first kappa shape index (κ1) is 14.0. The van der Waals surface area contributed by atoms with Crippen molar-refractivity contribution in [3.63, 3.8) is 0 Å². The van der Waals surface area contributed by atoms with Crippen LogP contribution in [-0.2, 0) is 9.59 Å². The van der Waals surface area contributed by atoms with Gasteiger partial charge in [0.25, 0.3) is 0 Å². The molecule has 0 aromatic rings. The van der Waals surface area contributed by atoms with Crippen molar-refractivity contribution in [1.82, 2.24) is 4.90 Å². The van der Waals surface area contributed by atoms with E-state index < -0.39 is 11.4 Å². The van der Waals surface area contributed by atoms with Crippen molar-refractivity contribution < 1.29 is 14.7 Å². The van der Waals surface area contributed by atoms with Gasteiger partial charge in [-0.2, -0.15) is 0 Å². The summed E-state index contributed by atoms with van der Waals surface area (Å²) in [5.41, 5.74) is -0.970. The summed E-state index contributed by atoms with van der Waals surface area (Å²) in [4.78, 5) is 24.4. The van der Waals surface area contributed by atoms with Crippen LogP contribution >= 0.6 is 0 Å². The topological polar surface area (TPSA) is 57.6 Å². The molecule has 0 aliphatic heterocycles. The summed E-state index contributed by atoms with van der Waals surface area (Å²) in [6.45, 7) is 3.93. The summed E-state index contributed by atoms with van der Waals surface area (Å²) in [6, 6.07) is 0. The van der Waals surface area contributed by atoms with E-state index in [2.05, 4.69) is 0 Å².